The van der Waals surface area contributed by atoms with Crippen molar-refractivity contribution in [1.82, 2.24) is 0 Å². The Morgan fingerprint density at radius 3 is 1.59 bits per heavy atom. The summed E-state index contributed by atoms with van der Waals surface area (Å²) in [5.41, 5.74) is 0. The van der Waals surface area contributed by atoms with Crippen molar-refractivity contribution >= 4 is 0 Å². The van der Waals surface area contributed by atoms with Crippen molar-refractivity contribution in [3.63, 3.8) is 0 Å². The molecule has 0 saturated heterocycles. The van der Waals surface area contributed by atoms with Crippen LogP contribution in [0.2, 0.25) is 0 Å². The van der Waals surface area contributed by atoms with Crippen LogP contribution in [-0.2, 0) is 0 Å². The summed E-state index contributed by atoms with van der Waals surface area (Å²) in [4.78, 5) is 0. The van der Waals surface area contributed by atoms with Crippen LogP contribution in [-0.4, -0.2) is 0 Å². The van der Waals surface area contributed by atoms with Crippen molar-refractivity contribution in [3.05, 3.63) is 12.2 Å². The molecule has 0 aromatic carbocycles. The molecule has 0 N–H and O–H groups in total. The number of hydrogen-bond donors (Lipinski definition) is 0. The van der Waals surface area contributed by atoms with Crippen molar-refractivity contribution < 1.29 is 0 Å². The summed E-state index contributed by atoms with van der Waals surface area (Å²) in [5.74, 6) is 4.12. The van der Waals surface area contributed by atoms with E-state index >= 15 is 0 Å². The Morgan fingerprint density at radius 1 is 0.682 bits per heavy atom. The van der Waals surface area contributed by atoms with Crippen LogP contribution in [0.3, 0.4) is 0 Å². The fraction of sp³-hybridized carbons (Fsp3) is 0.909. The normalized spacial score (nSPS) is 33.4. The summed E-state index contributed by atoms with van der Waals surface area (Å²) in [5, 5.41) is 0. The molecule has 0 aromatic heterocycles. The highest BCUT2D eigenvalue weighted by Gasteiger charge is 2.21. The van der Waals surface area contributed by atoms with Gasteiger partial charge in [0.15, 0.2) is 0 Å². The Labute approximate surface area is 140 Å². The van der Waals surface area contributed by atoms with E-state index < -0.39 is 0 Å². The number of allylic oxidation sites excluding steroid dienone is 2. The van der Waals surface area contributed by atoms with Gasteiger partial charge in [0.2, 0.25) is 0 Å². The van der Waals surface area contributed by atoms with Gasteiger partial charge in [-0.1, -0.05) is 83.3 Å². The quantitative estimate of drug-likeness (QED) is 0.321. The Balaban J connectivity index is 1.48. The van der Waals surface area contributed by atoms with Gasteiger partial charge in [0.25, 0.3) is 0 Å². The summed E-state index contributed by atoms with van der Waals surface area (Å²) in [6.07, 6.45) is 25.7. The van der Waals surface area contributed by atoms with Gasteiger partial charge in [-0.15, -0.1) is 0 Å². The van der Waals surface area contributed by atoms with Crippen molar-refractivity contribution in [2.75, 3.05) is 0 Å². The van der Waals surface area contributed by atoms with Gasteiger partial charge in [-0.05, 0) is 56.3 Å². The van der Waals surface area contributed by atoms with Crippen molar-refractivity contribution in [1.29, 1.82) is 0 Å². The van der Waals surface area contributed by atoms with Crippen LogP contribution in [0.5, 0.6) is 0 Å². The first-order valence-corrected chi connectivity index (χ1v) is 10.4. The monoisotopic (exact) mass is 304 g/mol. The fourth-order valence-corrected chi connectivity index (χ4v) is 5.02. The molecular weight excluding hydrogens is 264 g/mol. The molecule has 0 nitrogen and oxygen atoms in total. The topological polar surface area (TPSA) is 0 Å². The van der Waals surface area contributed by atoms with Crippen LogP contribution < -0.4 is 0 Å². The highest BCUT2D eigenvalue weighted by Crippen LogP contribution is 2.35. The van der Waals surface area contributed by atoms with E-state index in [1.165, 1.54) is 77.0 Å². The number of hydrogen-bond acceptors (Lipinski definition) is 0. The molecule has 0 aliphatic heterocycles. The molecule has 22 heavy (non-hydrogen) atoms. The van der Waals surface area contributed by atoms with E-state index in [1.807, 2.05) is 0 Å². The molecular formula is C22H40. The van der Waals surface area contributed by atoms with E-state index in [0.717, 1.165) is 23.7 Å². The summed E-state index contributed by atoms with van der Waals surface area (Å²) >= 11 is 0. The maximum atomic E-state index is 2.44. The van der Waals surface area contributed by atoms with Gasteiger partial charge in [0, 0.05) is 0 Å². The van der Waals surface area contributed by atoms with Crippen LogP contribution in [0.25, 0.3) is 0 Å². The molecule has 0 aromatic rings. The Morgan fingerprint density at radius 2 is 1.14 bits per heavy atom. The average molecular weight is 305 g/mol. The number of rotatable bonds is 8. The second kappa shape index (κ2) is 10.5. The standard InChI is InChI=1S/C22H40/c1-3-7-19-11-15-21(16-12-19)9-5-6-10-22-17-13-20(8-4-2)14-18-22/h3,7,19-22H,4-6,8-18H2,1-2H3. The van der Waals surface area contributed by atoms with Gasteiger partial charge in [-0.2, -0.15) is 0 Å². The van der Waals surface area contributed by atoms with E-state index in [-0.39, 0.29) is 0 Å². The van der Waals surface area contributed by atoms with E-state index in [9.17, 15) is 0 Å². The molecule has 2 aliphatic carbocycles. The van der Waals surface area contributed by atoms with Gasteiger partial charge in [0.1, 0.15) is 0 Å². The lowest BCUT2D eigenvalue weighted by Crippen LogP contribution is -2.15. The third-order valence-corrected chi connectivity index (χ3v) is 6.49. The predicted octanol–water partition coefficient (Wildman–Crippen LogP) is 7.54. The molecule has 0 radical (unpaired) electrons. The Hall–Kier alpha value is -0.260. The first-order chi connectivity index (χ1) is 10.8. The molecule has 0 bridgehead atoms. The molecule has 2 saturated carbocycles. The van der Waals surface area contributed by atoms with Gasteiger partial charge >= 0.3 is 0 Å². The molecule has 128 valence electrons. The molecule has 2 fully saturated rings. The Kier molecular flexibility index (Phi) is 8.63. The zero-order valence-corrected chi connectivity index (χ0v) is 15.4. The molecule has 2 aliphatic rings. The summed E-state index contributed by atoms with van der Waals surface area (Å²) in [6, 6.07) is 0. The molecule has 0 atom stereocenters. The zero-order chi connectivity index (χ0) is 15.6. The SMILES string of the molecule is CC=CC1CCC(CCCCC2CCC(CCC)CC2)CC1. The van der Waals surface area contributed by atoms with E-state index in [1.54, 1.807) is 12.8 Å². The molecule has 0 amide bonds. The molecule has 0 heteroatoms. The van der Waals surface area contributed by atoms with E-state index in [0.29, 0.717) is 0 Å². The van der Waals surface area contributed by atoms with Gasteiger partial charge in [0.05, 0.1) is 0 Å². The Bertz CT molecular complexity index is 287. The largest absolute Gasteiger partial charge is 0.0914 e. The summed E-state index contributed by atoms with van der Waals surface area (Å²) < 4.78 is 0. The third kappa shape index (κ3) is 6.47. The van der Waals surface area contributed by atoms with Crippen LogP contribution >= 0.6 is 0 Å². The van der Waals surface area contributed by atoms with Gasteiger partial charge in [-0.25, -0.2) is 0 Å². The maximum absolute atomic E-state index is 2.44. The van der Waals surface area contributed by atoms with E-state index in [2.05, 4.69) is 26.0 Å². The molecule has 0 heterocycles. The first kappa shape index (κ1) is 18.1. The lowest BCUT2D eigenvalue weighted by molar-refractivity contribution is 0.242. The van der Waals surface area contributed by atoms with Crippen molar-refractivity contribution in [3.8, 4) is 0 Å². The lowest BCUT2D eigenvalue weighted by atomic mass is 9.77. The minimum absolute atomic E-state index is 0.902. The molecule has 2 rings (SSSR count). The summed E-state index contributed by atoms with van der Waals surface area (Å²) in [7, 11) is 0. The van der Waals surface area contributed by atoms with Crippen molar-refractivity contribution in [2.24, 2.45) is 23.7 Å². The highest BCUT2D eigenvalue weighted by molar-refractivity contribution is 4.88. The first-order valence-electron chi connectivity index (χ1n) is 10.4. The number of unbranched alkanes of at least 4 members (excludes halogenated alkanes) is 1. The van der Waals surface area contributed by atoms with Gasteiger partial charge in [-0.3, -0.25) is 0 Å². The minimum atomic E-state index is 0.902. The second-order valence-corrected chi connectivity index (χ2v) is 8.27. The summed E-state index contributed by atoms with van der Waals surface area (Å²) in [6.45, 7) is 4.51. The second-order valence-electron chi connectivity index (χ2n) is 8.27. The van der Waals surface area contributed by atoms with E-state index in [4.69, 9.17) is 0 Å². The van der Waals surface area contributed by atoms with Crippen molar-refractivity contribution in [2.45, 2.75) is 104 Å². The van der Waals surface area contributed by atoms with Crippen LogP contribution in [0.4, 0.5) is 0 Å². The average Bonchev–Trinajstić information content (AvgIpc) is 2.55. The highest BCUT2D eigenvalue weighted by atomic mass is 14.3. The third-order valence-electron chi connectivity index (χ3n) is 6.49. The van der Waals surface area contributed by atoms with Crippen LogP contribution in [0, 0.1) is 23.7 Å². The fourth-order valence-electron chi connectivity index (χ4n) is 5.02. The van der Waals surface area contributed by atoms with Gasteiger partial charge < -0.3 is 0 Å². The maximum Gasteiger partial charge on any atom is -0.0233 e. The smallest absolute Gasteiger partial charge is 0.0233 e. The minimum Gasteiger partial charge on any atom is -0.0914 e. The molecule has 0 unspecified atom stereocenters. The van der Waals surface area contributed by atoms with Crippen LogP contribution in [0.1, 0.15) is 104 Å². The molecule has 0 spiro atoms. The van der Waals surface area contributed by atoms with Crippen LogP contribution in [0.15, 0.2) is 12.2 Å². The predicted molar refractivity (Wildman–Crippen MR) is 99.1 cm³/mol. The zero-order valence-electron chi connectivity index (χ0n) is 15.4. The lowest BCUT2D eigenvalue weighted by Gasteiger charge is -2.29.